The van der Waals surface area contributed by atoms with E-state index in [0.29, 0.717) is 0 Å². The van der Waals surface area contributed by atoms with Crippen LogP contribution in [0.2, 0.25) is 0 Å². The van der Waals surface area contributed by atoms with Crippen LogP contribution in [0.5, 0.6) is 0 Å². The number of rotatable bonds is 2. The van der Waals surface area contributed by atoms with E-state index in [0.717, 1.165) is 21.7 Å². The number of aromatic amines is 1. The molecule has 4 heteroatoms. The summed E-state index contributed by atoms with van der Waals surface area (Å²) in [5.74, 6) is 0. The predicted molar refractivity (Wildman–Crippen MR) is 47.3 cm³/mol. The van der Waals surface area contributed by atoms with Crippen LogP contribution in [0.3, 0.4) is 0 Å². The molecule has 0 spiro atoms. The molecule has 12 heavy (non-hydrogen) atoms. The van der Waals surface area contributed by atoms with Gasteiger partial charge in [-0.3, -0.25) is 4.79 Å². The lowest BCUT2D eigenvalue weighted by molar-refractivity contribution is 0.112. The van der Waals surface area contributed by atoms with E-state index in [1.807, 2.05) is 6.07 Å². The first kappa shape index (κ1) is 7.24. The lowest BCUT2D eigenvalue weighted by atomic mass is 10.4. The van der Waals surface area contributed by atoms with Gasteiger partial charge in [0.05, 0.1) is 28.0 Å². The molecule has 3 nitrogen and oxygen atoms in total. The number of nitrogens with zero attached hydrogens (tertiary/aromatic N) is 1. The Bertz CT molecular complexity index is 377. The lowest BCUT2D eigenvalue weighted by Gasteiger charge is -1.86. The zero-order chi connectivity index (χ0) is 8.39. The molecule has 0 aliphatic rings. The van der Waals surface area contributed by atoms with Crippen LogP contribution in [0.25, 0.3) is 10.6 Å². The minimum Gasteiger partial charge on any atom is -0.344 e. The van der Waals surface area contributed by atoms with E-state index in [1.165, 1.54) is 11.3 Å². The molecule has 0 amide bonds. The molecule has 0 aliphatic carbocycles. The van der Waals surface area contributed by atoms with Crippen molar-refractivity contribution in [3.63, 3.8) is 0 Å². The standard InChI is InChI=1S/C8H6N2OS/c11-4-6-1-2-8(12-6)7-3-9-5-10-7/h1-5H,(H,9,10). The molecule has 0 fully saturated rings. The summed E-state index contributed by atoms with van der Waals surface area (Å²) in [5, 5.41) is 0. The van der Waals surface area contributed by atoms with Crippen LogP contribution >= 0.6 is 11.3 Å². The molecule has 1 N–H and O–H groups in total. The van der Waals surface area contributed by atoms with Gasteiger partial charge in [-0.15, -0.1) is 11.3 Å². The number of carbonyl (C=O) groups excluding carboxylic acids is 1. The Morgan fingerprint density at radius 2 is 2.42 bits per heavy atom. The molecule has 2 rings (SSSR count). The Hall–Kier alpha value is -1.42. The average Bonchev–Trinajstić information content (AvgIpc) is 2.75. The minimum atomic E-state index is 0.736. The fraction of sp³-hybridized carbons (Fsp3) is 0. The molecular formula is C8H6N2OS. The monoisotopic (exact) mass is 178 g/mol. The molecule has 0 unspecified atom stereocenters. The topological polar surface area (TPSA) is 45.8 Å². The number of thiophene rings is 1. The third-order valence-corrected chi connectivity index (χ3v) is 2.55. The third kappa shape index (κ3) is 1.16. The Morgan fingerprint density at radius 1 is 1.50 bits per heavy atom. The van der Waals surface area contributed by atoms with Crippen molar-refractivity contribution in [1.82, 2.24) is 9.97 Å². The van der Waals surface area contributed by atoms with Gasteiger partial charge in [-0.05, 0) is 12.1 Å². The summed E-state index contributed by atoms with van der Waals surface area (Å²) in [4.78, 5) is 19.0. The first-order valence-electron chi connectivity index (χ1n) is 3.44. The molecule has 0 saturated carbocycles. The normalized spacial score (nSPS) is 10.0. The number of nitrogens with one attached hydrogen (secondary N) is 1. The van der Waals surface area contributed by atoms with E-state index in [2.05, 4.69) is 9.97 Å². The molecule has 0 saturated heterocycles. The summed E-state index contributed by atoms with van der Waals surface area (Å²) >= 11 is 1.45. The smallest absolute Gasteiger partial charge is 0.160 e. The highest BCUT2D eigenvalue weighted by molar-refractivity contribution is 7.17. The summed E-state index contributed by atoms with van der Waals surface area (Å²) < 4.78 is 0. The van der Waals surface area contributed by atoms with Crippen LogP contribution < -0.4 is 0 Å². The maximum atomic E-state index is 10.4. The Kier molecular flexibility index (Phi) is 1.75. The first-order chi connectivity index (χ1) is 5.90. The summed E-state index contributed by atoms with van der Waals surface area (Å²) in [5.41, 5.74) is 0.952. The highest BCUT2D eigenvalue weighted by Gasteiger charge is 2.01. The van der Waals surface area contributed by atoms with E-state index in [9.17, 15) is 4.79 Å². The second-order valence-corrected chi connectivity index (χ2v) is 3.40. The quantitative estimate of drug-likeness (QED) is 0.714. The number of H-pyrrole nitrogens is 1. The highest BCUT2D eigenvalue weighted by atomic mass is 32.1. The van der Waals surface area contributed by atoms with E-state index in [1.54, 1.807) is 18.6 Å². The van der Waals surface area contributed by atoms with Crippen LogP contribution in [0.1, 0.15) is 9.67 Å². The van der Waals surface area contributed by atoms with Gasteiger partial charge in [-0.2, -0.15) is 0 Å². The van der Waals surface area contributed by atoms with Crippen molar-refractivity contribution < 1.29 is 4.79 Å². The molecule has 0 radical (unpaired) electrons. The van der Waals surface area contributed by atoms with Gasteiger partial charge in [-0.1, -0.05) is 0 Å². The van der Waals surface area contributed by atoms with Gasteiger partial charge in [0.1, 0.15) is 0 Å². The van der Waals surface area contributed by atoms with Crippen molar-refractivity contribution >= 4 is 17.6 Å². The second kappa shape index (κ2) is 2.91. The summed E-state index contributed by atoms with van der Waals surface area (Å²) in [6.45, 7) is 0. The predicted octanol–water partition coefficient (Wildman–Crippen LogP) is 1.95. The van der Waals surface area contributed by atoms with E-state index in [-0.39, 0.29) is 0 Å². The molecule has 0 bridgehead atoms. The largest absolute Gasteiger partial charge is 0.344 e. The number of carbonyl (C=O) groups is 1. The molecule has 2 aromatic heterocycles. The zero-order valence-electron chi connectivity index (χ0n) is 6.15. The number of hydrogen-bond donors (Lipinski definition) is 1. The Balaban J connectivity index is 2.41. The number of aldehydes is 1. The maximum absolute atomic E-state index is 10.4. The van der Waals surface area contributed by atoms with Gasteiger partial charge in [0.15, 0.2) is 6.29 Å². The van der Waals surface area contributed by atoms with Crippen molar-refractivity contribution in [2.45, 2.75) is 0 Å². The molecule has 2 heterocycles. The molecule has 0 aliphatic heterocycles. The van der Waals surface area contributed by atoms with Crippen molar-refractivity contribution in [3.8, 4) is 10.6 Å². The average molecular weight is 178 g/mol. The molecule has 60 valence electrons. The highest BCUT2D eigenvalue weighted by Crippen LogP contribution is 2.24. The van der Waals surface area contributed by atoms with Crippen LogP contribution in [0.15, 0.2) is 24.7 Å². The van der Waals surface area contributed by atoms with Gasteiger partial charge in [0.25, 0.3) is 0 Å². The van der Waals surface area contributed by atoms with Crippen LogP contribution in [-0.4, -0.2) is 16.3 Å². The SMILES string of the molecule is O=Cc1ccc(-c2cnc[nH]2)s1. The van der Waals surface area contributed by atoms with Gasteiger partial charge >= 0.3 is 0 Å². The van der Waals surface area contributed by atoms with Crippen molar-refractivity contribution in [1.29, 1.82) is 0 Å². The van der Waals surface area contributed by atoms with Crippen molar-refractivity contribution in [2.75, 3.05) is 0 Å². The summed E-state index contributed by atoms with van der Waals surface area (Å²) in [6.07, 6.45) is 4.21. The van der Waals surface area contributed by atoms with Gasteiger partial charge in [0, 0.05) is 0 Å². The Labute approximate surface area is 73.1 Å². The molecule has 2 aromatic rings. The van der Waals surface area contributed by atoms with E-state index in [4.69, 9.17) is 0 Å². The fourth-order valence-electron chi connectivity index (χ4n) is 0.952. The van der Waals surface area contributed by atoms with Gasteiger partial charge in [0.2, 0.25) is 0 Å². The maximum Gasteiger partial charge on any atom is 0.160 e. The van der Waals surface area contributed by atoms with E-state index >= 15 is 0 Å². The van der Waals surface area contributed by atoms with E-state index < -0.39 is 0 Å². The number of hydrogen-bond acceptors (Lipinski definition) is 3. The Morgan fingerprint density at radius 3 is 3.00 bits per heavy atom. The molecule has 0 atom stereocenters. The number of imidazole rings is 1. The molecule has 0 aromatic carbocycles. The van der Waals surface area contributed by atoms with Crippen molar-refractivity contribution in [2.24, 2.45) is 0 Å². The van der Waals surface area contributed by atoms with Gasteiger partial charge in [-0.25, -0.2) is 4.98 Å². The summed E-state index contributed by atoms with van der Waals surface area (Å²) in [6, 6.07) is 3.70. The molecular weight excluding hydrogens is 172 g/mol. The third-order valence-electron chi connectivity index (χ3n) is 1.51. The fourth-order valence-corrected chi connectivity index (χ4v) is 1.75. The first-order valence-corrected chi connectivity index (χ1v) is 4.25. The summed E-state index contributed by atoms with van der Waals surface area (Å²) in [7, 11) is 0. The number of aromatic nitrogens is 2. The van der Waals surface area contributed by atoms with Gasteiger partial charge < -0.3 is 4.98 Å². The lowest BCUT2D eigenvalue weighted by Crippen LogP contribution is -1.66. The zero-order valence-corrected chi connectivity index (χ0v) is 6.97. The van der Waals surface area contributed by atoms with Crippen LogP contribution in [0.4, 0.5) is 0 Å². The van der Waals surface area contributed by atoms with Crippen LogP contribution in [-0.2, 0) is 0 Å². The second-order valence-electron chi connectivity index (χ2n) is 2.29. The van der Waals surface area contributed by atoms with Crippen LogP contribution in [0, 0.1) is 0 Å². The minimum absolute atomic E-state index is 0.736. The van der Waals surface area contributed by atoms with Crippen molar-refractivity contribution in [3.05, 3.63) is 29.5 Å².